The fourth-order valence-electron chi connectivity index (χ4n) is 1.93. The van der Waals surface area contributed by atoms with Crippen molar-refractivity contribution >= 4 is 37.1 Å². The number of hydrogen-bond donors (Lipinski definition) is 0. The van der Waals surface area contributed by atoms with Gasteiger partial charge in [-0.3, -0.25) is 0 Å². The fraction of sp³-hybridized carbons (Fsp3) is 0.333. The lowest BCUT2D eigenvalue weighted by Gasteiger charge is -2.14. The summed E-state index contributed by atoms with van der Waals surface area (Å²) in [7, 11) is -3.22. The van der Waals surface area contributed by atoms with Crippen LogP contribution in [0.1, 0.15) is 24.3 Å². The molecule has 0 aliphatic rings. The molecule has 0 amide bonds. The predicted octanol–water partition coefficient (Wildman–Crippen LogP) is 4.41. The van der Waals surface area contributed by atoms with Gasteiger partial charge in [-0.05, 0) is 48.0 Å². The van der Waals surface area contributed by atoms with Crippen LogP contribution >= 0.6 is 27.3 Å². The molecule has 0 fully saturated rings. The Balaban J connectivity index is 2.16. The first-order valence-electron chi connectivity index (χ1n) is 6.55. The number of thiophene rings is 1. The van der Waals surface area contributed by atoms with Gasteiger partial charge < -0.3 is 4.74 Å². The first-order chi connectivity index (χ1) is 9.85. The van der Waals surface area contributed by atoms with E-state index in [1.54, 1.807) is 6.07 Å². The van der Waals surface area contributed by atoms with Gasteiger partial charge in [0.05, 0.1) is 21.4 Å². The predicted molar refractivity (Wildman–Crippen MR) is 90.6 cm³/mol. The molecule has 21 heavy (non-hydrogen) atoms. The highest BCUT2D eigenvalue weighted by atomic mass is 79.9. The van der Waals surface area contributed by atoms with Gasteiger partial charge in [-0.2, -0.15) is 0 Å². The summed E-state index contributed by atoms with van der Waals surface area (Å²) in [4.78, 5) is 0.837. The van der Waals surface area contributed by atoms with Gasteiger partial charge in [-0.1, -0.05) is 18.2 Å². The molecule has 0 aliphatic heterocycles. The summed E-state index contributed by atoms with van der Waals surface area (Å²) in [6.07, 6.45) is 0.0158. The number of hydrogen-bond acceptors (Lipinski definition) is 4. The van der Waals surface area contributed by atoms with Gasteiger partial charge >= 0.3 is 0 Å². The van der Waals surface area contributed by atoms with Crippen molar-refractivity contribution in [1.82, 2.24) is 0 Å². The first-order valence-corrected chi connectivity index (χ1v) is 9.98. The number of para-hydroxylation sites is 1. The minimum absolute atomic E-state index is 0.00852. The minimum atomic E-state index is -3.22. The molecule has 0 bridgehead atoms. The Bertz CT molecular complexity index is 705. The Hall–Kier alpha value is -0.850. The lowest BCUT2D eigenvalue weighted by atomic mass is 10.2. The second kappa shape index (κ2) is 6.94. The second-order valence-corrected chi connectivity index (χ2v) is 9.62. The maximum absolute atomic E-state index is 12.4. The van der Waals surface area contributed by atoms with Gasteiger partial charge in [-0.15, -0.1) is 11.3 Å². The summed E-state index contributed by atoms with van der Waals surface area (Å²) >= 11 is 4.80. The molecule has 0 spiro atoms. The minimum Gasteiger partial charge on any atom is -0.491 e. The van der Waals surface area contributed by atoms with Crippen molar-refractivity contribution < 1.29 is 13.2 Å². The quantitative estimate of drug-likeness (QED) is 0.735. The van der Waals surface area contributed by atoms with Crippen molar-refractivity contribution in [3.8, 4) is 5.75 Å². The molecule has 114 valence electrons. The maximum Gasteiger partial charge on any atom is 0.159 e. The molecular formula is C15H17BrO3S2. The molecule has 2 rings (SSSR count). The summed E-state index contributed by atoms with van der Waals surface area (Å²) in [5.74, 6) is 0.688. The summed E-state index contributed by atoms with van der Waals surface area (Å²) in [5.41, 5.74) is 0.710. The van der Waals surface area contributed by atoms with E-state index in [0.717, 1.165) is 8.66 Å². The summed E-state index contributed by atoms with van der Waals surface area (Å²) in [6, 6.07) is 11.0. The Kier molecular flexibility index (Phi) is 5.46. The number of ether oxygens (including phenoxy) is 1. The summed E-state index contributed by atoms with van der Waals surface area (Å²) in [5, 5.41) is 0. The van der Waals surface area contributed by atoms with Crippen LogP contribution in [0.25, 0.3) is 0 Å². The molecule has 0 N–H and O–H groups in total. The van der Waals surface area contributed by atoms with E-state index in [2.05, 4.69) is 15.9 Å². The molecule has 1 aromatic heterocycles. The van der Waals surface area contributed by atoms with E-state index < -0.39 is 9.84 Å². The maximum atomic E-state index is 12.4. The number of halogens is 1. The van der Waals surface area contributed by atoms with E-state index in [0.29, 0.717) is 11.3 Å². The van der Waals surface area contributed by atoms with Crippen LogP contribution in [0, 0.1) is 0 Å². The van der Waals surface area contributed by atoms with Crippen LogP contribution in [0.2, 0.25) is 0 Å². The Labute approximate surface area is 138 Å². The van der Waals surface area contributed by atoms with E-state index in [9.17, 15) is 8.42 Å². The van der Waals surface area contributed by atoms with E-state index in [-0.39, 0.29) is 17.6 Å². The van der Waals surface area contributed by atoms with Crippen molar-refractivity contribution in [2.75, 3.05) is 0 Å². The molecule has 0 radical (unpaired) electrons. The van der Waals surface area contributed by atoms with E-state index in [1.165, 1.54) is 11.3 Å². The molecule has 6 heteroatoms. The number of rotatable bonds is 6. The summed E-state index contributed by atoms with van der Waals surface area (Å²) < 4.78 is 31.3. The molecule has 1 aromatic carbocycles. The number of benzene rings is 1. The molecular weight excluding hydrogens is 372 g/mol. The van der Waals surface area contributed by atoms with Crippen LogP contribution in [0.4, 0.5) is 0 Å². The average molecular weight is 389 g/mol. The lowest BCUT2D eigenvalue weighted by molar-refractivity contribution is 0.240. The SMILES string of the molecule is CC(C)Oc1ccccc1CS(=O)(=O)Cc1ccc(Br)s1. The van der Waals surface area contributed by atoms with Gasteiger partial charge in [0, 0.05) is 10.4 Å². The Morgan fingerprint density at radius 1 is 1.14 bits per heavy atom. The zero-order valence-corrected chi connectivity index (χ0v) is 15.1. The highest BCUT2D eigenvalue weighted by Gasteiger charge is 2.17. The molecule has 0 saturated heterocycles. The van der Waals surface area contributed by atoms with Crippen molar-refractivity contribution in [2.24, 2.45) is 0 Å². The monoisotopic (exact) mass is 388 g/mol. The highest BCUT2D eigenvalue weighted by molar-refractivity contribution is 9.11. The average Bonchev–Trinajstić information content (AvgIpc) is 2.75. The van der Waals surface area contributed by atoms with E-state index in [1.807, 2.05) is 44.2 Å². The Morgan fingerprint density at radius 3 is 2.48 bits per heavy atom. The van der Waals surface area contributed by atoms with Crippen molar-refractivity contribution in [1.29, 1.82) is 0 Å². The zero-order chi connectivity index (χ0) is 15.5. The highest BCUT2D eigenvalue weighted by Crippen LogP contribution is 2.27. The van der Waals surface area contributed by atoms with Gasteiger partial charge in [0.1, 0.15) is 5.75 Å². The molecule has 3 nitrogen and oxygen atoms in total. The molecule has 2 aromatic rings. The smallest absolute Gasteiger partial charge is 0.159 e. The van der Waals surface area contributed by atoms with Crippen LogP contribution in [-0.4, -0.2) is 14.5 Å². The van der Waals surface area contributed by atoms with Crippen LogP contribution in [0.5, 0.6) is 5.75 Å². The normalized spacial score (nSPS) is 11.8. The second-order valence-electron chi connectivity index (χ2n) is 5.01. The molecule has 0 unspecified atom stereocenters. The summed E-state index contributed by atoms with van der Waals surface area (Å²) in [6.45, 7) is 3.85. The fourth-order valence-corrected chi connectivity index (χ4v) is 5.32. The molecule has 0 aliphatic carbocycles. The zero-order valence-electron chi connectivity index (χ0n) is 11.9. The molecule has 0 atom stereocenters. The lowest BCUT2D eigenvalue weighted by Crippen LogP contribution is -2.11. The van der Waals surface area contributed by atoms with Crippen molar-refractivity contribution in [3.63, 3.8) is 0 Å². The molecule has 1 heterocycles. The van der Waals surface area contributed by atoms with E-state index >= 15 is 0 Å². The van der Waals surface area contributed by atoms with Gasteiger partial charge in [0.25, 0.3) is 0 Å². The van der Waals surface area contributed by atoms with Crippen LogP contribution in [-0.2, 0) is 21.3 Å². The standard InChI is InChI=1S/C15H17BrO3S2/c1-11(2)19-14-6-4-3-5-12(14)9-21(17,18)10-13-7-8-15(16)20-13/h3-8,11H,9-10H2,1-2H3. The third-order valence-electron chi connectivity index (χ3n) is 2.70. The van der Waals surface area contributed by atoms with Gasteiger partial charge in [0.2, 0.25) is 0 Å². The van der Waals surface area contributed by atoms with Gasteiger partial charge in [0.15, 0.2) is 9.84 Å². The van der Waals surface area contributed by atoms with Crippen LogP contribution in [0.3, 0.4) is 0 Å². The third-order valence-corrected chi connectivity index (χ3v) is 6.01. The Morgan fingerprint density at radius 2 is 1.86 bits per heavy atom. The molecule has 0 saturated carbocycles. The van der Waals surface area contributed by atoms with E-state index in [4.69, 9.17) is 4.74 Å². The van der Waals surface area contributed by atoms with Gasteiger partial charge in [-0.25, -0.2) is 8.42 Å². The van der Waals surface area contributed by atoms with Crippen molar-refractivity contribution in [3.05, 3.63) is 50.6 Å². The first kappa shape index (κ1) is 16.5. The number of sulfone groups is 1. The third kappa shape index (κ3) is 5.13. The topological polar surface area (TPSA) is 43.4 Å². The van der Waals surface area contributed by atoms with Crippen LogP contribution < -0.4 is 4.74 Å². The van der Waals surface area contributed by atoms with Crippen LogP contribution in [0.15, 0.2) is 40.2 Å². The van der Waals surface area contributed by atoms with Crippen molar-refractivity contribution in [2.45, 2.75) is 31.5 Å². The largest absolute Gasteiger partial charge is 0.491 e.